The van der Waals surface area contributed by atoms with Crippen LogP contribution in [0.4, 0.5) is 5.69 Å². The van der Waals surface area contributed by atoms with Gasteiger partial charge in [0.1, 0.15) is 11.8 Å². The molecule has 1 amide bonds. The van der Waals surface area contributed by atoms with E-state index in [-0.39, 0.29) is 36.6 Å². The number of hydrogen-bond acceptors (Lipinski definition) is 4. The van der Waals surface area contributed by atoms with Crippen molar-refractivity contribution >= 4 is 35.6 Å². The van der Waals surface area contributed by atoms with Gasteiger partial charge in [0.05, 0.1) is 23.8 Å². The molecule has 0 bridgehead atoms. The molecule has 1 aromatic carbocycles. The topological polar surface area (TPSA) is 59.6 Å². The third-order valence-corrected chi connectivity index (χ3v) is 3.46. The highest BCUT2D eigenvalue weighted by atomic mass is 35.5. The van der Waals surface area contributed by atoms with Gasteiger partial charge in [0.2, 0.25) is 5.91 Å². The van der Waals surface area contributed by atoms with E-state index in [9.17, 15) is 4.79 Å². The third kappa shape index (κ3) is 5.02. The zero-order chi connectivity index (χ0) is 15.4. The first-order chi connectivity index (χ1) is 9.97. The highest BCUT2D eigenvalue weighted by Gasteiger charge is 2.28. The van der Waals surface area contributed by atoms with Crippen molar-refractivity contribution in [2.45, 2.75) is 39.0 Å². The van der Waals surface area contributed by atoms with E-state index in [1.165, 1.54) is 0 Å². The number of carbonyl (C=O) groups is 1. The first kappa shape index (κ1) is 19.0. The van der Waals surface area contributed by atoms with Crippen molar-refractivity contribution in [3.05, 3.63) is 23.2 Å². The Hall–Kier alpha value is -1.01. The van der Waals surface area contributed by atoms with Crippen molar-refractivity contribution in [1.82, 2.24) is 5.32 Å². The van der Waals surface area contributed by atoms with Gasteiger partial charge >= 0.3 is 0 Å². The molecular formula is C15H22Cl2N2O3. The van der Waals surface area contributed by atoms with E-state index in [0.29, 0.717) is 29.6 Å². The average Bonchev–Trinajstić information content (AvgIpc) is 2.42. The summed E-state index contributed by atoms with van der Waals surface area (Å²) >= 11 is 6.15. The summed E-state index contributed by atoms with van der Waals surface area (Å²) in [5.41, 5.74) is 0.640. The molecule has 7 heteroatoms. The fraction of sp³-hybridized carbons (Fsp3) is 0.533. The lowest BCUT2D eigenvalue weighted by atomic mass is 10.1. The van der Waals surface area contributed by atoms with Crippen molar-refractivity contribution in [2.24, 2.45) is 0 Å². The molecule has 1 aliphatic rings. The van der Waals surface area contributed by atoms with E-state index in [2.05, 4.69) is 10.6 Å². The maximum absolute atomic E-state index is 12.2. The van der Waals surface area contributed by atoms with E-state index in [1.54, 1.807) is 18.2 Å². The van der Waals surface area contributed by atoms with Crippen LogP contribution in [0.1, 0.15) is 20.8 Å². The minimum atomic E-state index is -0.357. The van der Waals surface area contributed by atoms with Crippen LogP contribution in [0.3, 0.4) is 0 Å². The van der Waals surface area contributed by atoms with Crippen LogP contribution < -0.4 is 15.4 Å². The maximum atomic E-state index is 12.2. The lowest BCUT2D eigenvalue weighted by Gasteiger charge is -2.29. The Morgan fingerprint density at radius 2 is 2.23 bits per heavy atom. The van der Waals surface area contributed by atoms with Crippen LogP contribution in [0.5, 0.6) is 5.75 Å². The number of nitrogens with one attached hydrogen (secondary N) is 2. The number of anilines is 1. The van der Waals surface area contributed by atoms with Gasteiger partial charge < -0.3 is 20.1 Å². The molecule has 2 rings (SSSR count). The zero-order valence-corrected chi connectivity index (χ0v) is 14.5. The van der Waals surface area contributed by atoms with Gasteiger partial charge in [-0.05, 0) is 39.0 Å². The second kappa shape index (κ2) is 8.58. The number of morpholine rings is 1. The molecule has 0 radical (unpaired) electrons. The van der Waals surface area contributed by atoms with Crippen molar-refractivity contribution in [1.29, 1.82) is 0 Å². The first-order valence-electron chi connectivity index (χ1n) is 7.09. The van der Waals surface area contributed by atoms with E-state index >= 15 is 0 Å². The SMILES string of the molecule is CC(C)Oc1ccc(NC(=O)[C@H]2NCCO[C@@H]2C)cc1Cl.Cl. The molecule has 2 N–H and O–H groups in total. The predicted molar refractivity (Wildman–Crippen MR) is 90.3 cm³/mol. The Morgan fingerprint density at radius 1 is 1.50 bits per heavy atom. The Balaban J connectivity index is 0.00000242. The number of halogens is 2. The van der Waals surface area contributed by atoms with Crippen molar-refractivity contribution in [2.75, 3.05) is 18.5 Å². The molecule has 124 valence electrons. The summed E-state index contributed by atoms with van der Waals surface area (Å²) in [5.74, 6) is 0.480. The number of benzene rings is 1. The standard InChI is InChI=1S/C15H21ClN2O3.ClH/c1-9(2)21-13-5-4-11(8-12(13)16)18-15(19)14-10(3)20-7-6-17-14;/h4-5,8-10,14,17H,6-7H2,1-3H3,(H,18,19);1H/t10-,14+;/m1./s1. The Morgan fingerprint density at radius 3 is 2.82 bits per heavy atom. The summed E-state index contributed by atoms with van der Waals surface area (Å²) in [6, 6.07) is 4.86. The molecule has 1 heterocycles. The molecule has 1 saturated heterocycles. The largest absolute Gasteiger partial charge is 0.489 e. The van der Waals surface area contributed by atoms with Crippen molar-refractivity contribution in [3.8, 4) is 5.75 Å². The van der Waals surface area contributed by atoms with E-state index in [0.717, 1.165) is 0 Å². The molecule has 1 aromatic rings. The Kier molecular flexibility index (Phi) is 7.42. The van der Waals surface area contributed by atoms with Gasteiger partial charge in [0, 0.05) is 12.2 Å². The van der Waals surface area contributed by atoms with E-state index in [1.807, 2.05) is 20.8 Å². The lowest BCUT2D eigenvalue weighted by Crippen LogP contribution is -2.53. The number of hydrogen-bond donors (Lipinski definition) is 2. The summed E-state index contributed by atoms with van der Waals surface area (Å²) in [6.07, 6.45) is -0.106. The van der Waals surface area contributed by atoms with Gasteiger partial charge in [-0.3, -0.25) is 4.79 Å². The fourth-order valence-electron chi connectivity index (χ4n) is 2.18. The molecule has 1 aliphatic heterocycles. The van der Waals surface area contributed by atoms with Gasteiger partial charge in [-0.25, -0.2) is 0 Å². The Bertz CT molecular complexity index is 512. The smallest absolute Gasteiger partial charge is 0.244 e. The molecule has 5 nitrogen and oxygen atoms in total. The summed E-state index contributed by atoms with van der Waals surface area (Å²) in [7, 11) is 0. The summed E-state index contributed by atoms with van der Waals surface area (Å²) < 4.78 is 11.0. The van der Waals surface area contributed by atoms with Gasteiger partial charge in [-0.1, -0.05) is 11.6 Å². The minimum absolute atomic E-state index is 0. The number of rotatable bonds is 4. The van der Waals surface area contributed by atoms with Crippen LogP contribution in [0.15, 0.2) is 18.2 Å². The molecular weight excluding hydrogens is 327 g/mol. The molecule has 0 aromatic heterocycles. The molecule has 1 fully saturated rings. The van der Waals surface area contributed by atoms with Crippen LogP contribution >= 0.6 is 24.0 Å². The third-order valence-electron chi connectivity index (χ3n) is 3.16. The maximum Gasteiger partial charge on any atom is 0.244 e. The van der Waals surface area contributed by atoms with Crippen molar-refractivity contribution < 1.29 is 14.3 Å². The second-order valence-electron chi connectivity index (χ2n) is 5.31. The highest BCUT2D eigenvalue weighted by Crippen LogP contribution is 2.28. The van der Waals surface area contributed by atoms with E-state index in [4.69, 9.17) is 21.1 Å². The van der Waals surface area contributed by atoms with Crippen LogP contribution in [0.2, 0.25) is 5.02 Å². The van der Waals surface area contributed by atoms with Crippen LogP contribution in [-0.4, -0.2) is 37.3 Å². The zero-order valence-electron chi connectivity index (χ0n) is 12.9. The summed E-state index contributed by atoms with van der Waals surface area (Å²) in [4.78, 5) is 12.2. The minimum Gasteiger partial charge on any atom is -0.489 e. The summed E-state index contributed by atoms with van der Waals surface area (Å²) in [5, 5.41) is 6.46. The van der Waals surface area contributed by atoms with Gasteiger partial charge in [-0.15, -0.1) is 12.4 Å². The normalized spacial score (nSPS) is 21.1. The average molecular weight is 349 g/mol. The fourth-order valence-corrected chi connectivity index (χ4v) is 2.40. The number of carbonyl (C=O) groups excluding carboxylic acids is 1. The molecule has 0 aliphatic carbocycles. The van der Waals surface area contributed by atoms with E-state index < -0.39 is 0 Å². The molecule has 0 saturated carbocycles. The van der Waals surface area contributed by atoms with Gasteiger partial charge in [0.15, 0.2) is 0 Å². The number of amides is 1. The van der Waals surface area contributed by atoms with Gasteiger partial charge in [0.25, 0.3) is 0 Å². The predicted octanol–water partition coefficient (Wildman–Crippen LogP) is 2.86. The van der Waals surface area contributed by atoms with Crippen LogP contribution in [0.25, 0.3) is 0 Å². The molecule has 0 unspecified atom stereocenters. The summed E-state index contributed by atoms with van der Waals surface area (Å²) in [6.45, 7) is 7.04. The monoisotopic (exact) mass is 348 g/mol. The van der Waals surface area contributed by atoms with Crippen molar-refractivity contribution in [3.63, 3.8) is 0 Å². The molecule has 0 spiro atoms. The van der Waals surface area contributed by atoms with Crippen LogP contribution in [0, 0.1) is 0 Å². The second-order valence-corrected chi connectivity index (χ2v) is 5.72. The number of ether oxygens (including phenoxy) is 2. The lowest BCUT2D eigenvalue weighted by molar-refractivity contribution is -0.123. The first-order valence-corrected chi connectivity index (χ1v) is 7.47. The quantitative estimate of drug-likeness (QED) is 0.878. The molecule has 2 atom stereocenters. The van der Waals surface area contributed by atoms with Gasteiger partial charge in [-0.2, -0.15) is 0 Å². The Labute approximate surface area is 142 Å². The molecule has 22 heavy (non-hydrogen) atoms. The highest BCUT2D eigenvalue weighted by molar-refractivity contribution is 6.32. The van der Waals surface area contributed by atoms with Crippen LogP contribution in [-0.2, 0) is 9.53 Å².